The summed E-state index contributed by atoms with van der Waals surface area (Å²) >= 11 is 0. The van der Waals surface area contributed by atoms with Crippen LogP contribution >= 0.6 is 24.0 Å². The highest BCUT2D eigenvalue weighted by Gasteiger charge is 2.04. The van der Waals surface area contributed by atoms with Gasteiger partial charge in [-0.05, 0) is 49.1 Å². The van der Waals surface area contributed by atoms with Gasteiger partial charge in [0.15, 0.2) is 17.5 Å². The van der Waals surface area contributed by atoms with Crippen LogP contribution in [0.5, 0.6) is 11.5 Å². The van der Waals surface area contributed by atoms with Gasteiger partial charge >= 0.3 is 0 Å². The van der Waals surface area contributed by atoms with Crippen LogP contribution in [0.2, 0.25) is 0 Å². The fourth-order valence-corrected chi connectivity index (χ4v) is 2.38. The first-order valence-electron chi connectivity index (χ1n) is 8.28. The molecular weight excluding hydrogens is 443 g/mol. The normalized spacial score (nSPS) is 10.8. The molecule has 0 unspecified atom stereocenters. The number of nitrogens with one attached hydrogen (secondary N) is 1. The molecule has 0 fully saturated rings. The van der Waals surface area contributed by atoms with E-state index in [0.29, 0.717) is 12.5 Å². The van der Waals surface area contributed by atoms with Gasteiger partial charge in [-0.1, -0.05) is 12.1 Å². The summed E-state index contributed by atoms with van der Waals surface area (Å²) in [6, 6.07) is 9.95. The summed E-state index contributed by atoms with van der Waals surface area (Å²) in [6.07, 6.45) is 3.53. The zero-order valence-electron chi connectivity index (χ0n) is 15.5. The van der Waals surface area contributed by atoms with Crippen molar-refractivity contribution in [3.8, 4) is 11.5 Å². The van der Waals surface area contributed by atoms with Crippen LogP contribution in [-0.4, -0.2) is 38.3 Å². The van der Waals surface area contributed by atoms with E-state index >= 15 is 0 Å². The maximum absolute atomic E-state index is 5.91. The highest BCUT2D eigenvalue weighted by molar-refractivity contribution is 14.0. The van der Waals surface area contributed by atoms with Crippen molar-refractivity contribution in [1.29, 1.82) is 0 Å². The number of nitrogens with two attached hydrogens (primary N) is 1. The third-order valence-corrected chi connectivity index (χ3v) is 3.82. The largest absolute Gasteiger partial charge is 0.493 e. The summed E-state index contributed by atoms with van der Waals surface area (Å²) in [4.78, 5) is 8.64. The smallest absolute Gasteiger partial charge is 0.188 e. The zero-order chi connectivity index (χ0) is 18.1. The number of hydrogen-bond donors (Lipinski definition) is 2. The first-order chi connectivity index (χ1) is 12.1. The van der Waals surface area contributed by atoms with E-state index in [9.17, 15) is 0 Å². The first kappa shape index (κ1) is 22.0. The average Bonchev–Trinajstić information content (AvgIpc) is 2.63. The van der Waals surface area contributed by atoms with Crippen LogP contribution in [0.15, 0.2) is 41.5 Å². The van der Waals surface area contributed by atoms with Crippen molar-refractivity contribution in [3.05, 3.63) is 53.3 Å². The molecule has 0 atom stereocenters. The predicted molar refractivity (Wildman–Crippen MR) is 116 cm³/mol. The van der Waals surface area contributed by atoms with E-state index in [1.807, 2.05) is 37.4 Å². The molecule has 0 saturated heterocycles. The molecule has 6 nitrogen and oxygen atoms in total. The second kappa shape index (κ2) is 11.6. The second-order valence-corrected chi connectivity index (χ2v) is 5.69. The highest BCUT2D eigenvalue weighted by Crippen LogP contribution is 2.27. The molecule has 0 radical (unpaired) electrons. The Balaban J connectivity index is 0.00000338. The maximum atomic E-state index is 5.91. The monoisotopic (exact) mass is 470 g/mol. The van der Waals surface area contributed by atoms with Crippen molar-refractivity contribution in [2.24, 2.45) is 10.7 Å². The van der Waals surface area contributed by atoms with Crippen LogP contribution in [0.3, 0.4) is 0 Å². The molecule has 1 aromatic carbocycles. The molecular formula is C19H27IN4O2. The second-order valence-electron chi connectivity index (χ2n) is 5.69. The lowest BCUT2D eigenvalue weighted by Crippen LogP contribution is -2.33. The SMILES string of the molecule is COc1ccc(CCN=C(N)NCCc2ccc(C)nc2)cc1OC.I. The number of guanidine groups is 1. The molecule has 26 heavy (non-hydrogen) atoms. The lowest BCUT2D eigenvalue weighted by Gasteiger charge is -2.09. The van der Waals surface area contributed by atoms with Gasteiger partial charge in [-0.3, -0.25) is 9.98 Å². The molecule has 142 valence electrons. The van der Waals surface area contributed by atoms with Gasteiger partial charge < -0.3 is 20.5 Å². The van der Waals surface area contributed by atoms with Crippen LogP contribution < -0.4 is 20.5 Å². The Kier molecular flexibility index (Phi) is 9.79. The summed E-state index contributed by atoms with van der Waals surface area (Å²) in [5.41, 5.74) is 9.23. The van der Waals surface area contributed by atoms with Gasteiger partial charge in [0, 0.05) is 25.0 Å². The number of benzene rings is 1. The van der Waals surface area contributed by atoms with Gasteiger partial charge in [0.05, 0.1) is 14.2 Å². The zero-order valence-corrected chi connectivity index (χ0v) is 17.8. The van der Waals surface area contributed by atoms with E-state index < -0.39 is 0 Å². The fourth-order valence-electron chi connectivity index (χ4n) is 2.38. The number of ether oxygens (including phenoxy) is 2. The molecule has 0 aliphatic heterocycles. The number of halogens is 1. The summed E-state index contributed by atoms with van der Waals surface area (Å²) in [5, 5.41) is 3.13. The molecule has 0 bridgehead atoms. The van der Waals surface area contributed by atoms with Crippen LogP contribution in [0, 0.1) is 6.92 Å². The number of rotatable bonds is 8. The Bertz CT molecular complexity index is 705. The third-order valence-electron chi connectivity index (χ3n) is 3.82. The number of aryl methyl sites for hydroxylation is 1. The molecule has 1 heterocycles. The highest BCUT2D eigenvalue weighted by atomic mass is 127. The van der Waals surface area contributed by atoms with Crippen molar-refractivity contribution in [1.82, 2.24) is 10.3 Å². The summed E-state index contributed by atoms with van der Waals surface area (Å²) in [5.74, 6) is 1.91. The number of methoxy groups -OCH3 is 2. The first-order valence-corrected chi connectivity index (χ1v) is 8.28. The number of pyridine rings is 1. The van der Waals surface area contributed by atoms with Gasteiger partial charge in [-0.2, -0.15) is 0 Å². The van der Waals surface area contributed by atoms with E-state index in [0.717, 1.165) is 42.1 Å². The average molecular weight is 470 g/mol. The lowest BCUT2D eigenvalue weighted by atomic mass is 10.1. The molecule has 3 N–H and O–H groups in total. The van der Waals surface area contributed by atoms with E-state index in [1.54, 1.807) is 14.2 Å². The summed E-state index contributed by atoms with van der Waals surface area (Å²) in [7, 11) is 3.26. The molecule has 0 aliphatic rings. The van der Waals surface area contributed by atoms with Gasteiger partial charge in [0.1, 0.15) is 0 Å². The number of aliphatic imine (C=N–C) groups is 1. The van der Waals surface area contributed by atoms with Gasteiger partial charge in [-0.25, -0.2) is 0 Å². The van der Waals surface area contributed by atoms with E-state index in [4.69, 9.17) is 15.2 Å². The number of nitrogens with zero attached hydrogens (tertiary/aromatic N) is 2. The Morgan fingerprint density at radius 3 is 2.46 bits per heavy atom. The molecule has 1 aromatic heterocycles. The van der Waals surface area contributed by atoms with Gasteiger partial charge in [-0.15, -0.1) is 24.0 Å². The number of hydrogen-bond acceptors (Lipinski definition) is 4. The molecule has 7 heteroatoms. The van der Waals surface area contributed by atoms with Crippen molar-refractivity contribution in [2.45, 2.75) is 19.8 Å². The minimum absolute atomic E-state index is 0. The van der Waals surface area contributed by atoms with Crippen LogP contribution in [0.4, 0.5) is 0 Å². The maximum Gasteiger partial charge on any atom is 0.188 e. The molecule has 2 aromatic rings. The van der Waals surface area contributed by atoms with Crippen LogP contribution in [0.25, 0.3) is 0 Å². The summed E-state index contributed by atoms with van der Waals surface area (Å²) < 4.78 is 10.5. The van der Waals surface area contributed by atoms with Crippen LogP contribution in [0.1, 0.15) is 16.8 Å². The minimum atomic E-state index is 0. The lowest BCUT2D eigenvalue weighted by molar-refractivity contribution is 0.354. The standard InChI is InChI=1S/C19H26N4O2.HI/c1-14-4-5-16(13-23-14)9-11-22-19(20)21-10-8-15-6-7-17(24-2)18(12-15)25-3;/h4-7,12-13H,8-11H2,1-3H3,(H3,20,21,22);1H. The van der Waals surface area contributed by atoms with E-state index in [1.165, 1.54) is 5.56 Å². The third kappa shape index (κ3) is 7.07. The molecule has 2 rings (SSSR count). The number of aromatic nitrogens is 1. The molecule has 0 spiro atoms. The Morgan fingerprint density at radius 2 is 1.81 bits per heavy atom. The molecule has 0 amide bonds. The van der Waals surface area contributed by atoms with Crippen molar-refractivity contribution in [3.63, 3.8) is 0 Å². The topological polar surface area (TPSA) is 81.8 Å². The van der Waals surface area contributed by atoms with E-state index in [-0.39, 0.29) is 24.0 Å². The van der Waals surface area contributed by atoms with Crippen molar-refractivity contribution in [2.75, 3.05) is 27.3 Å². The summed E-state index contributed by atoms with van der Waals surface area (Å²) in [6.45, 7) is 3.32. The Hall–Kier alpha value is -2.03. The Labute approximate surface area is 172 Å². The van der Waals surface area contributed by atoms with Crippen molar-refractivity contribution < 1.29 is 9.47 Å². The fraction of sp³-hybridized carbons (Fsp3) is 0.368. The Morgan fingerprint density at radius 1 is 1.08 bits per heavy atom. The van der Waals surface area contributed by atoms with Gasteiger partial charge in [0.2, 0.25) is 0 Å². The van der Waals surface area contributed by atoms with Gasteiger partial charge in [0.25, 0.3) is 0 Å². The van der Waals surface area contributed by atoms with E-state index in [2.05, 4.69) is 21.4 Å². The quantitative estimate of drug-likeness (QED) is 0.352. The molecule has 0 saturated carbocycles. The predicted octanol–water partition coefficient (Wildman–Crippen LogP) is 2.71. The van der Waals surface area contributed by atoms with Crippen LogP contribution in [-0.2, 0) is 12.8 Å². The minimum Gasteiger partial charge on any atom is -0.493 e. The van der Waals surface area contributed by atoms with Crippen molar-refractivity contribution >= 4 is 29.9 Å². The molecule has 0 aliphatic carbocycles.